The Labute approximate surface area is 310 Å². The number of hydrogen-bond donors (Lipinski definition) is 7. The number of nitrogens with one attached hydrogen (secondary N) is 4. The first kappa shape index (κ1) is 40.9. The molecule has 7 N–H and O–H groups in total. The number of rotatable bonds is 18. The standard InChI is InChI=1S/C40H51N4O8P/c1-26(2)19-31(37(45)42-35(39(47)48)22-30-23-41-33-18-12-11-17-32(30)33)25-53(50,51)36(21-28-13-7-5-8-14-28)44-38(46)34(20-27(3)4)43-40(49)52-24-29-15-9-6-10-16-29/h5-18,23,26-27,31,34-35,41,50-51H,19-22,24-25H2,1-4H3,(H,42,45)(H,43,49)(H,44,46)(H,47,48)/t31?,34-,35-/m0/s1. The first-order chi connectivity index (χ1) is 25.2. The third-order valence-electron chi connectivity index (χ3n) is 8.76. The topological polar surface area (TPSA) is 190 Å². The lowest BCUT2D eigenvalue weighted by molar-refractivity contribution is -0.142. The molecule has 0 aliphatic heterocycles. The zero-order valence-corrected chi connectivity index (χ0v) is 31.5. The van der Waals surface area contributed by atoms with Gasteiger partial charge in [0.15, 0.2) is 0 Å². The number of alkyl carbamates (subject to hydrolysis) is 1. The number of ether oxygens (including phenoxy) is 1. The third kappa shape index (κ3) is 12.6. The second-order valence-electron chi connectivity index (χ2n) is 14.2. The van der Waals surface area contributed by atoms with E-state index in [0.29, 0.717) is 5.56 Å². The van der Waals surface area contributed by atoms with Gasteiger partial charge in [0.25, 0.3) is 0 Å². The molecular formula is C40H51N4O8P. The second-order valence-corrected chi connectivity index (χ2v) is 16.6. The van der Waals surface area contributed by atoms with Crippen LogP contribution in [0.3, 0.4) is 0 Å². The smallest absolute Gasteiger partial charge is 0.408 e. The molecule has 1 aromatic heterocycles. The number of carboxylic acid groups (broad SMARTS) is 1. The first-order valence-electron chi connectivity index (χ1n) is 17.8. The molecular weight excluding hydrogens is 695 g/mol. The Morgan fingerprint density at radius 3 is 1.98 bits per heavy atom. The van der Waals surface area contributed by atoms with E-state index in [1.54, 1.807) is 42.6 Å². The van der Waals surface area contributed by atoms with Gasteiger partial charge in [0.2, 0.25) is 11.8 Å². The van der Waals surface area contributed by atoms with Crippen LogP contribution in [-0.2, 0) is 38.6 Å². The highest BCUT2D eigenvalue weighted by atomic mass is 31.2. The summed E-state index contributed by atoms with van der Waals surface area (Å²) >= 11 is 0. The molecule has 1 unspecified atom stereocenters. The van der Waals surface area contributed by atoms with Crippen LogP contribution in [0.4, 0.5) is 4.79 Å². The molecule has 1 heterocycles. The maximum Gasteiger partial charge on any atom is 0.408 e. The minimum absolute atomic E-state index is 0.000183. The van der Waals surface area contributed by atoms with Gasteiger partial charge in [0.05, 0.1) is 5.42 Å². The maximum atomic E-state index is 13.8. The van der Waals surface area contributed by atoms with Crippen LogP contribution in [0.1, 0.15) is 57.2 Å². The molecule has 0 radical (unpaired) electrons. The maximum absolute atomic E-state index is 13.8. The summed E-state index contributed by atoms with van der Waals surface area (Å²) in [5, 5.41) is 18.9. The average molecular weight is 747 g/mol. The SMILES string of the molecule is CC(C)CC(CP(O)(O)=C(Cc1ccccc1)NC(=O)[C@H](CC(C)C)NC(=O)OCc1ccccc1)C(=O)N[C@@H](Cc1c[nH]c2ccccc12)C(=O)O. The van der Waals surface area contributed by atoms with Gasteiger partial charge in [-0.2, -0.15) is 0 Å². The number of amides is 3. The van der Waals surface area contributed by atoms with Crippen molar-refractivity contribution in [1.82, 2.24) is 20.9 Å². The fourth-order valence-electron chi connectivity index (χ4n) is 6.15. The molecule has 0 bridgehead atoms. The zero-order chi connectivity index (χ0) is 38.5. The van der Waals surface area contributed by atoms with E-state index in [2.05, 4.69) is 20.9 Å². The highest BCUT2D eigenvalue weighted by Crippen LogP contribution is 2.43. The summed E-state index contributed by atoms with van der Waals surface area (Å²) in [7, 11) is -4.23. The molecule has 0 aliphatic carbocycles. The zero-order valence-electron chi connectivity index (χ0n) is 30.6. The van der Waals surface area contributed by atoms with Crippen molar-refractivity contribution in [2.45, 2.75) is 72.1 Å². The van der Waals surface area contributed by atoms with Crippen LogP contribution in [0, 0.1) is 17.8 Å². The molecule has 4 aromatic rings. The van der Waals surface area contributed by atoms with Gasteiger partial charge in [-0.25, -0.2) is 9.59 Å². The number of para-hydroxylation sites is 1. The van der Waals surface area contributed by atoms with Crippen molar-refractivity contribution >= 4 is 47.5 Å². The Morgan fingerprint density at radius 2 is 1.36 bits per heavy atom. The molecule has 4 rings (SSSR count). The van der Waals surface area contributed by atoms with Gasteiger partial charge < -0.3 is 40.6 Å². The van der Waals surface area contributed by atoms with E-state index < -0.39 is 55.4 Å². The summed E-state index contributed by atoms with van der Waals surface area (Å²) in [4.78, 5) is 79.7. The van der Waals surface area contributed by atoms with E-state index in [4.69, 9.17) is 4.74 Å². The highest BCUT2D eigenvalue weighted by molar-refractivity contribution is 7.65. The number of aliphatic carboxylic acids is 1. The second kappa shape index (κ2) is 19.3. The van der Waals surface area contributed by atoms with Crippen LogP contribution in [0.2, 0.25) is 0 Å². The van der Waals surface area contributed by atoms with E-state index >= 15 is 0 Å². The number of carbonyl (C=O) groups excluding carboxylic acids is 3. The van der Waals surface area contributed by atoms with Gasteiger partial charge in [-0.1, -0.05) is 107 Å². The molecule has 3 atom stereocenters. The van der Waals surface area contributed by atoms with Crippen LogP contribution >= 0.6 is 7.34 Å². The summed E-state index contributed by atoms with van der Waals surface area (Å²) in [6.07, 6.45) is 0.910. The van der Waals surface area contributed by atoms with E-state index in [1.807, 2.05) is 76.2 Å². The summed E-state index contributed by atoms with van der Waals surface area (Å²) in [6.45, 7) is 7.54. The average Bonchev–Trinajstić information content (AvgIpc) is 3.52. The van der Waals surface area contributed by atoms with Crippen LogP contribution in [0.15, 0.2) is 91.1 Å². The van der Waals surface area contributed by atoms with Gasteiger partial charge in [0.1, 0.15) is 26.0 Å². The van der Waals surface area contributed by atoms with Crippen LogP contribution in [0.5, 0.6) is 0 Å². The predicted octanol–water partition coefficient (Wildman–Crippen LogP) is 5.60. The Morgan fingerprint density at radius 1 is 0.755 bits per heavy atom. The van der Waals surface area contributed by atoms with Crippen LogP contribution < -0.4 is 16.0 Å². The molecule has 13 heteroatoms. The van der Waals surface area contributed by atoms with Crippen molar-refractivity contribution in [2.75, 3.05) is 6.16 Å². The fourth-order valence-corrected chi connectivity index (χ4v) is 8.02. The normalized spacial score (nSPS) is 13.3. The number of aromatic nitrogens is 1. The number of carbonyl (C=O) groups is 4. The number of aromatic amines is 1. The predicted molar refractivity (Wildman–Crippen MR) is 207 cm³/mol. The molecule has 3 aromatic carbocycles. The van der Waals surface area contributed by atoms with Crippen LogP contribution in [0.25, 0.3) is 10.9 Å². The third-order valence-corrected chi connectivity index (χ3v) is 10.8. The molecule has 0 aliphatic rings. The Balaban J connectivity index is 1.59. The molecule has 12 nitrogen and oxygen atoms in total. The number of fused-ring (bicyclic) bond motifs is 1. The van der Waals surface area contributed by atoms with Gasteiger partial charge >= 0.3 is 12.1 Å². The van der Waals surface area contributed by atoms with Gasteiger partial charge in [-0.05, 0) is 47.4 Å². The Hall–Kier alpha value is -4.90. The van der Waals surface area contributed by atoms with Crippen molar-refractivity contribution < 1.29 is 38.8 Å². The summed E-state index contributed by atoms with van der Waals surface area (Å²) in [5.41, 5.74) is 2.92. The number of carboxylic acids is 1. The quantitative estimate of drug-likeness (QED) is 0.0640. The van der Waals surface area contributed by atoms with Gasteiger partial charge in [-0.15, -0.1) is 0 Å². The molecule has 0 fully saturated rings. The monoisotopic (exact) mass is 746 g/mol. The summed E-state index contributed by atoms with van der Waals surface area (Å²) < 4.78 is 5.36. The molecule has 0 saturated heterocycles. The van der Waals surface area contributed by atoms with Crippen molar-refractivity contribution in [3.8, 4) is 0 Å². The minimum Gasteiger partial charge on any atom is -0.480 e. The number of benzene rings is 3. The number of H-pyrrole nitrogens is 1. The molecule has 284 valence electrons. The van der Waals surface area contributed by atoms with Crippen LogP contribution in [-0.4, -0.2) is 67.4 Å². The summed E-state index contributed by atoms with van der Waals surface area (Å²) in [6, 6.07) is 23.1. The largest absolute Gasteiger partial charge is 0.480 e. The Bertz CT molecular complexity index is 1890. The van der Waals surface area contributed by atoms with E-state index in [-0.39, 0.29) is 49.5 Å². The number of hydrogen-bond acceptors (Lipinski definition) is 7. The van der Waals surface area contributed by atoms with Crippen molar-refractivity contribution in [3.05, 3.63) is 108 Å². The van der Waals surface area contributed by atoms with Gasteiger partial charge in [-0.3, -0.25) is 9.59 Å². The highest BCUT2D eigenvalue weighted by Gasteiger charge is 2.33. The lowest BCUT2D eigenvalue weighted by Gasteiger charge is -2.28. The van der Waals surface area contributed by atoms with E-state index in [0.717, 1.165) is 22.0 Å². The van der Waals surface area contributed by atoms with Crippen molar-refractivity contribution in [1.29, 1.82) is 0 Å². The molecule has 53 heavy (non-hydrogen) atoms. The molecule has 0 saturated carbocycles. The Kier molecular flexibility index (Phi) is 14.8. The summed E-state index contributed by atoms with van der Waals surface area (Å²) in [5.74, 6) is -3.60. The van der Waals surface area contributed by atoms with Crippen molar-refractivity contribution in [3.63, 3.8) is 0 Å². The first-order valence-corrected chi connectivity index (χ1v) is 19.7. The lowest BCUT2D eigenvalue weighted by atomic mass is 9.97. The van der Waals surface area contributed by atoms with E-state index in [1.165, 1.54) is 0 Å². The van der Waals surface area contributed by atoms with Gasteiger partial charge in [0, 0.05) is 42.0 Å². The van der Waals surface area contributed by atoms with Crippen molar-refractivity contribution in [2.24, 2.45) is 17.8 Å². The minimum atomic E-state index is -4.23. The lowest BCUT2D eigenvalue weighted by Crippen LogP contribution is -2.50. The van der Waals surface area contributed by atoms with E-state index in [9.17, 15) is 34.1 Å². The molecule has 0 spiro atoms. The molecule has 3 amide bonds. The fraction of sp³-hybridized carbons (Fsp3) is 0.375.